The van der Waals surface area contributed by atoms with Gasteiger partial charge >= 0.3 is 0 Å². The van der Waals surface area contributed by atoms with Crippen molar-refractivity contribution in [1.29, 1.82) is 0 Å². The van der Waals surface area contributed by atoms with E-state index in [1.807, 2.05) is 30.3 Å². The number of nitrogens with zero attached hydrogens (tertiary/aromatic N) is 3. The number of aromatic nitrogens is 2. The van der Waals surface area contributed by atoms with Gasteiger partial charge in [0.1, 0.15) is 13.0 Å². The van der Waals surface area contributed by atoms with E-state index in [4.69, 9.17) is 18.4 Å². The second-order valence-corrected chi connectivity index (χ2v) is 12.6. The first-order valence-electron chi connectivity index (χ1n) is 13.0. The quantitative estimate of drug-likeness (QED) is 0.124. The molecule has 0 aliphatic rings. The highest BCUT2D eigenvalue weighted by Gasteiger charge is 2.32. The highest BCUT2D eigenvalue weighted by atomic mass is 32.2. The lowest BCUT2D eigenvalue weighted by Gasteiger charge is -2.24. The van der Waals surface area contributed by atoms with Gasteiger partial charge in [0, 0.05) is 29.6 Å². The summed E-state index contributed by atoms with van der Waals surface area (Å²) < 4.78 is 51.5. The zero-order valence-corrected chi connectivity index (χ0v) is 25.0. The van der Waals surface area contributed by atoms with Crippen molar-refractivity contribution in [1.82, 2.24) is 10.1 Å². The molecule has 0 amide bonds. The summed E-state index contributed by atoms with van der Waals surface area (Å²) in [7, 11) is -2.58. The second kappa shape index (κ2) is 13.5. The number of benzene rings is 2. The molecule has 0 unspecified atom stereocenters. The molecule has 0 saturated carbocycles. The van der Waals surface area contributed by atoms with Crippen LogP contribution in [0.3, 0.4) is 0 Å². The van der Waals surface area contributed by atoms with Crippen LogP contribution in [0.5, 0.6) is 0 Å². The normalized spacial score (nSPS) is 11.8. The Bertz CT molecular complexity index is 1500. The molecule has 0 bridgehead atoms. The van der Waals surface area contributed by atoms with Crippen LogP contribution in [0.4, 0.5) is 5.88 Å². The zero-order valence-electron chi connectivity index (χ0n) is 23.4. The van der Waals surface area contributed by atoms with Gasteiger partial charge in [-0.3, -0.25) is 0 Å². The summed E-state index contributed by atoms with van der Waals surface area (Å²) >= 11 is 1.80. The molecular formula is C29H35N3O6S2. The van der Waals surface area contributed by atoms with Gasteiger partial charge < -0.3 is 18.4 Å². The highest BCUT2D eigenvalue weighted by molar-refractivity contribution is 7.98. The molecule has 0 aliphatic heterocycles. The van der Waals surface area contributed by atoms with Crippen LogP contribution in [0.25, 0.3) is 22.6 Å². The summed E-state index contributed by atoms with van der Waals surface area (Å²) in [6.07, 6.45) is 3.14. The summed E-state index contributed by atoms with van der Waals surface area (Å²) in [5.74, 6) is 2.83. The maximum atomic E-state index is 14.3. The van der Waals surface area contributed by atoms with Gasteiger partial charge in [-0.05, 0) is 54.8 Å². The fraction of sp³-hybridized carbons (Fsp3) is 0.379. The molecule has 0 N–H and O–H groups in total. The maximum Gasteiger partial charge on any atom is 0.269 e. The first kappa shape index (κ1) is 29.9. The topological polar surface area (TPSA) is 108 Å². The number of anilines is 1. The van der Waals surface area contributed by atoms with Gasteiger partial charge in [0.05, 0.1) is 30.0 Å². The molecule has 0 saturated heterocycles. The average Bonchev–Trinajstić information content (AvgIpc) is 3.59. The molecule has 40 heavy (non-hydrogen) atoms. The van der Waals surface area contributed by atoms with E-state index >= 15 is 0 Å². The van der Waals surface area contributed by atoms with Crippen molar-refractivity contribution < 1.29 is 26.8 Å². The van der Waals surface area contributed by atoms with Crippen LogP contribution in [0.2, 0.25) is 0 Å². The summed E-state index contributed by atoms with van der Waals surface area (Å²) in [6.45, 7) is 8.18. The van der Waals surface area contributed by atoms with E-state index in [2.05, 4.69) is 24.0 Å². The number of methoxy groups -OCH3 is 1. The van der Waals surface area contributed by atoms with Crippen LogP contribution in [0.15, 0.2) is 68.8 Å². The standard InChI is InChI=1S/C29H35N3O6S2/c1-20(2)17-39-18-24-16-23(28-30-12-13-37-28)10-11-25(24)26-8-6-7-9-27(26)40(33,34)32(19-36-15-14-35-5)29-21(3)22(4)31-38-29/h6-13,16,20H,14-15,17-19H2,1-5H3. The molecule has 0 aliphatic carbocycles. The number of rotatable bonds is 14. The molecule has 0 atom stereocenters. The van der Waals surface area contributed by atoms with Crippen LogP contribution in [0, 0.1) is 19.8 Å². The molecular weight excluding hydrogens is 550 g/mol. The van der Waals surface area contributed by atoms with Gasteiger partial charge in [-0.25, -0.2) is 17.7 Å². The van der Waals surface area contributed by atoms with E-state index in [9.17, 15) is 8.42 Å². The van der Waals surface area contributed by atoms with Crippen LogP contribution in [0.1, 0.15) is 30.7 Å². The van der Waals surface area contributed by atoms with Crippen molar-refractivity contribution in [3.05, 3.63) is 71.7 Å². The lowest BCUT2D eigenvalue weighted by atomic mass is 9.98. The SMILES string of the molecule is COCCOCN(c1onc(C)c1C)S(=O)(=O)c1ccccc1-c1ccc(-c2ncco2)cc1CSCC(C)C. The Morgan fingerprint density at radius 3 is 2.55 bits per heavy atom. The molecule has 0 spiro atoms. The van der Waals surface area contributed by atoms with E-state index in [-0.39, 0.29) is 24.1 Å². The van der Waals surface area contributed by atoms with Gasteiger partial charge in [0.2, 0.25) is 11.8 Å². The smallest absolute Gasteiger partial charge is 0.269 e. The Morgan fingerprint density at radius 1 is 1.07 bits per heavy atom. The highest BCUT2D eigenvalue weighted by Crippen LogP contribution is 2.37. The Labute approximate surface area is 239 Å². The minimum atomic E-state index is -4.14. The van der Waals surface area contributed by atoms with Crippen LogP contribution in [-0.4, -0.2) is 51.4 Å². The second-order valence-electron chi connectivity index (χ2n) is 9.70. The summed E-state index contributed by atoms with van der Waals surface area (Å²) in [4.78, 5) is 4.43. The van der Waals surface area contributed by atoms with Gasteiger partial charge in [-0.1, -0.05) is 43.3 Å². The Kier molecular flexibility index (Phi) is 10.1. The number of hydrogen-bond donors (Lipinski definition) is 0. The third kappa shape index (κ3) is 6.77. The van der Waals surface area contributed by atoms with Crippen LogP contribution in [-0.2, 0) is 25.2 Å². The van der Waals surface area contributed by atoms with Crippen molar-refractivity contribution in [2.75, 3.05) is 37.1 Å². The molecule has 9 nitrogen and oxygen atoms in total. The Balaban J connectivity index is 1.80. The number of aryl methyl sites for hydroxylation is 1. The Morgan fingerprint density at radius 2 is 1.88 bits per heavy atom. The molecule has 0 fully saturated rings. The maximum absolute atomic E-state index is 14.3. The molecule has 11 heteroatoms. The fourth-order valence-electron chi connectivity index (χ4n) is 4.08. The van der Waals surface area contributed by atoms with E-state index in [0.717, 1.165) is 26.7 Å². The van der Waals surface area contributed by atoms with E-state index in [1.54, 1.807) is 51.0 Å². The van der Waals surface area contributed by atoms with Crippen molar-refractivity contribution in [3.63, 3.8) is 0 Å². The van der Waals surface area contributed by atoms with Crippen molar-refractivity contribution in [2.24, 2.45) is 5.92 Å². The molecule has 2 aromatic carbocycles. The van der Waals surface area contributed by atoms with Crippen LogP contribution >= 0.6 is 11.8 Å². The fourth-order valence-corrected chi connectivity index (χ4v) is 6.67. The van der Waals surface area contributed by atoms with Gasteiger partial charge in [-0.2, -0.15) is 11.8 Å². The van der Waals surface area contributed by atoms with Gasteiger partial charge in [0.15, 0.2) is 0 Å². The van der Waals surface area contributed by atoms with Crippen molar-refractivity contribution >= 4 is 27.7 Å². The molecule has 214 valence electrons. The molecule has 4 rings (SSSR count). The molecule has 4 aromatic rings. The predicted molar refractivity (Wildman–Crippen MR) is 157 cm³/mol. The third-order valence-corrected chi connectivity index (χ3v) is 9.42. The lowest BCUT2D eigenvalue weighted by Crippen LogP contribution is -2.34. The summed E-state index contributed by atoms with van der Waals surface area (Å²) in [5, 5.41) is 3.99. The number of sulfonamides is 1. The van der Waals surface area contributed by atoms with Crippen LogP contribution < -0.4 is 4.31 Å². The summed E-state index contributed by atoms with van der Waals surface area (Å²) in [6, 6.07) is 12.8. The lowest BCUT2D eigenvalue weighted by molar-refractivity contribution is 0.0744. The zero-order chi connectivity index (χ0) is 28.7. The minimum absolute atomic E-state index is 0.122. The van der Waals surface area contributed by atoms with E-state index < -0.39 is 10.0 Å². The molecule has 2 aromatic heterocycles. The average molecular weight is 586 g/mol. The molecule has 2 heterocycles. The predicted octanol–water partition coefficient (Wildman–Crippen LogP) is 6.32. The first-order chi connectivity index (χ1) is 19.2. The third-order valence-electron chi connectivity index (χ3n) is 6.24. The van der Waals surface area contributed by atoms with Gasteiger partial charge in [0.25, 0.3) is 10.0 Å². The monoisotopic (exact) mass is 585 g/mol. The number of hydrogen-bond acceptors (Lipinski definition) is 9. The molecule has 0 radical (unpaired) electrons. The van der Waals surface area contributed by atoms with Crippen molar-refractivity contribution in [3.8, 4) is 22.6 Å². The largest absolute Gasteiger partial charge is 0.445 e. The number of ether oxygens (including phenoxy) is 2. The van der Waals surface area contributed by atoms with E-state index in [0.29, 0.717) is 41.0 Å². The Hall–Kier alpha value is -3.12. The summed E-state index contributed by atoms with van der Waals surface area (Å²) in [5.41, 5.74) is 4.44. The first-order valence-corrected chi connectivity index (χ1v) is 15.6. The van der Waals surface area contributed by atoms with E-state index in [1.165, 1.54) is 6.26 Å². The number of oxazole rings is 1. The minimum Gasteiger partial charge on any atom is -0.445 e. The number of thioether (sulfide) groups is 1. The van der Waals surface area contributed by atoms with Gasteiger partial charge in [-0.15, -0.1) is 0 Å². The van der Waals surface area contributed by atoms with Crippen molar-refractivity contribution in [2.45, 2.75) is 38.3 Å².